The largest absolute Gasteiger partial charge is 0.375 e. The lowest BCUT2D eigenvalue weighted by atomic mass is 9.92. The van der Waals surface area contributed by atoms with E-state index >= 15 is 0 Å². The smallest absolute Gasteiger partial charge is 0.122 e. The summed E-state index contributed by atoms with van der Waals surface area (Å²) < 4.78 is 5.90. The Kier molecular flexibility index (Phi) is 3.25. The maximum atomic E-state index is 9.86. The minimum Gasteiger partial charge on any atom is -0.375 e. The van der Waals surface area contributed by atoms with Crippen LogP contribution in [-0.2, 0) is 4.74 Å². The van der Waals surface area contributed by atoms with E-state index in [1.165, 1.54) is 44.9 Å². The molecule has 1 aliphatic heterocycles. The van der Waals surface area contributed by atoms with Gasteiger partial charge in [0.05, 0.1) is 18.8 Å². The highest BCUT2D eigenvalue weighted by Crippen LogP contribution is 2.43. The zero-order valence-electron chi connectivity index (χ0n) is 12.2. The van der Waals surface area contributed by atoms with Crippen LogP contribution in [0, 0.1) is 17.2 Å². The van der Waals surface area contributed by atoms with Gasteiger partial charge in [0.2, 0.25) is 0 Å². The van der Waals surface area contributed by atoms with E-state index in [-0.39, 0.29) is 5.54 Å². The highest BCUT2D eigenvalue weighted by molar-refractivity contribution is 5.19. The van der Waals surface area contributed by atoms with E-state index in [2.05, 4.69) is 16.3 Å². The Morgan fingerprint density at radius 2 is 2.05 bits per heavy atom. The molecule has 4 heteroatoms. The molecule has 0 aromatic heterocycles. The molecule has 0 radical (unpaired) electrons. The quantitative estimate of drug-likeness (QED) is 0.829. The van der Waals surface area contributed by atoms with Crippen molar-refractivity contribution < 1.29 is 4.74 Å². The predicted octanol–water partition coefficient (Wildman–Crippen LogP) is 1.66. The fourth-order valence-electron chi connectivity index (χ4n) is 4.14. The van der Waals surface area contributed by atoms with Gasteiger partial charge in [0.25, 0.3) is 0 Å². The van der Waals surface area contributed by atoms with Gasteiger partial charge in [0.15, 0.2) is 0 Å². The van der Waals surface area contributed by atoms with Crippen molar-refractivity contribution in [3.8, 4) is 6.07 Å². The highest BCUT2D eigenvalue weighted by atomic mass is 16.5. The Morgan fingerprint density at radius 3 is 2.75 bits per heavy atom. The summed E-state index contributed by atoms with van der Waals surface area (Å²) in [7, 11) is 0. The van der Waals surface area contributed by atoms with Crippen LogP contribution in [0.25, 0.3) is 0 Å². The first kappa shape index (κ1) is 13.1. The van der Waals surface area contributed by atoms with Crippen LogP contribution in [0.2, 0.25) is 0 Å². The SMILES string of the molecule is N#CC(CN1CCOC2CCCC21)(NC1CC1)C1CC1. The molecule has 110 valence electrons. The first-order valence-corrected chi connectivity index (χ1v) is 8.35. The third-order valence-corrected chi connectivity index (χ3v) is 5.56. The molecule has 1 heterocycles. The Hall–Kier alpha value is -0.630. The fourth-order valence-corrected chi connectivity index (χ4v) is 4.14. The van der Waals surface area contributed by atoms with Gasteiger partial charge in [-0.15, -0.1) is 0 Å². The molecular formula is C16H25N3O. The highest BCUT2D eigenvalue weighted by Gasteiger charge is 2.50. The molecule has 1 saturated heterocycles. The summed E-state index contributed by atoms with van der Waals surface area (Å²) in [4.78, 5) is 2.57. The Labute approximate surface area is 121 Å². The van der Waals surface area contributed by atoms with E-state index in [0.717, 1.165) is 19.7 Å². The number of ether oxygens (including phenoxy) is 1. The second-order valence-corrected chi connectivity index (χ2v) is 7.15. The van der Waals surface area contributed by atoms with E-state index in [1.807, 2.05) is 0 Å². The lowest BCUT2D eigenvalue weighted by molar-refractivity contribution is -0.0623. The molecule has 3 aliphatic carbocycles. The number of morpholine rings is 1. The molecule has 3 atom stereocenters. The minimum atomic E-state index is -0.286. The number of hydrogen-bond donors (Lipinski definition) is 1. The van der Waals surface area contributed by atoms with Gasteiger partial charge in [-0.25, -0.2) is 0 Å². The molecular weight excluding hydrogens is 250 g/mol. The number of rotatable bonds is 5. The molecule has 4 rings (SSSR count). The summed E-state index contributed by atoms with van der Waals surface area (Å²) in [5, 5.41) is 13.6. The molecule has 0 amide bonds. The van der Waals surface area contributed by atoms with Crippen LogP contribution < -0.4 is 5.32 Å². The third kappa shape index (κ3) is 2.36. The molecule has 4 fully saturated rings. The molecule has 4 nitrogen and oxygen atoms in total. The van der Waals surface area contributed by atoms with E-state index < -0.39 is 0 Å². The summed E-state index contributed by atoms with van der Waals surface area (Å²) in [5.74, 6) is 0.579. The minimum absolute atomic E-state index is 0.286. The van der Waals surface area contributed by atoms with Gasteiger partial charge < -0.3 is 4.74 Å². The Bertz CT molecular complexity index is 412. The predicted molar refractivity (Wildman–Crippen MR) is 76.2 cm³/mol. The van der Waals surface area contributed by atoms with Gasteiger partial charge in [0, 0.05) is 25.2 Å². The lowest BCUT2D eigenvalue weighted by Gasteiger charge is -2.42. The summed E-state index contributed by atoms with van der Waals surface area (Å²) in [6.45, 7) is 2.76. The average Bonchev–Trinajstić information content (AvgIpc) is 3.38. The van der Waals surface area contributed by atoms with Gasteiger partial charge in [0.1, 0.15) is 5.54 Å². The maximum Gasteiger partial charge on any atom is 0.122 e. The monoisotopic (exact) mass is 275 g/mol. The van der Waals surface area contributed by atoms with Gasteiger partial charge in [-0.2, -0.15) is 5.26 Å². The van der Waals surface area contributed by atoms with E-state index in [1.54, 1.807) is 0 Å². The average molecular weight is 275 g/mol. The van der Waals surface area contributed by atoms with E-state index in [0.29, 0.717) is 24.1 Å². The molecule has 3 saturated carbocycles. The number of nitriles is 1. The molecule has 0 spiro atoms. The number of hydrogen-bond acceptors (Lipinski definition) is 4. The van der Waals surface area contributed by atoms with E-state index in [4.69, 9.17) is 4.74 Å². The third-order valence-electron chi connectivity index (χ3n) is 5.56. The van der Waals surface area contributed by atoms with Crippen LogP contribution in [0.3, 0.4) is 0 Å². The lowest BCUT2D eigenvalue weighted by Crippen LogP contribution is -2.60. The van der Waals surface area contributed by atoms with Gasteiger partial charge in [-0.05, 0) is 50.9 Å². The van der Waals surface area contributed by atoms with Crippen LogP contribution >= 0.6 is 0 Å². The van der Waals surface area contributed by atoms with Gasteiger partial charge in [-0.3, -0.25) is 10.2 Å². The summed E-state index contributed by atoms with van der Waals surface area (Å²) >= 11 is 0. The molecule has 1 N–H and O–H groups in total. The second kappa shape index (κ2) is 4.98. The van der Waals surface area contributed by atoms with Crippen molar-refractivity contribution in [2.45, 2.75) is 68.7 Å². The van der Waals surface area contributed by atoms with Crippen LogP contribution in [0.1, 0.15) is 44.9 Å². The van der Waals surface area contributed by atoms with Crippen LogP contribution in [0.4, 0.5) is 0 Å². The first-order valence-electron chi connectivity index (χ1n) is 8.35. The molecule has 20 heavy (non-hydrogen) atoms. The fraction of sp³-hybridized carbons (Fsp3) is 0.938. The standard InChI is InChI=1S/C16H25N3O/c17-10-16(12-4-5-12,18-13-6-7-13)11-19-8-9-20-15-3-1-2-14(15)19/h12-15,18H,1-9,11H2. The van der Waals surface area contributed by atoms with Crippen LogP contribution in [-0.4, -0.2) is 48.3 Å². The van der Waals surface area contributed by atoms with Gasteiger partial charge in [-0.1, -0.05) is 0 Å². The Balaban J connectivity index is 1.50. The van der Waals surface area contributed by atoms with Crippen molar-refractivity contribution in [1.29, 1.82) is 5.26 Å². The normalized spacial score (nSPS) is 37.1. The Morgan fingerprint density at radius 1 is 1.20 bits per heavy atom. The second-order valence-electron chi connectivity index (χ2n) is 7.15. The van der Waals surface area contributed by atoms with Crippen molar-refractivity contribution in [3.05, 3.63) is 0 Å². The maximum absolute atomic E-state index is 9.86. The van der Waals surface area contributed by atoms with Crippen LogP contribution in [0.15, 0.2) is 0 Å². The van der Waals surface area contributed by atoms with Crippen molar-refractivity contribution in [3.63, 3.8) is 0 Å². The zero-order chi connectivity index (χ0) is 13.6. The number of fused-ring (bicyclic) bond motifs is 1. The molecule has 0 aromatic rings. The van der Waals surface area contributed by atoms with Crippen molar-refractivity contribution in [2.24, 2.45) is 5.92 Å². The number of nitrogens with zero attached hydrogens (tertiary/aromatic N) is 2. The molecule has 3 unspecified atom stereocenters. The summed E-state index contributed by atoms with van der Waals surface area (Å²) in [5.41, 5.74) is -0.286. The summed E-state index contributed by atoms with van der Waals surface area (Å²) in [6.07, 6.45) is 9.14. The van der Waals surface area contributed by atoms with Crippen molar-refractivity contribution >= 4 is 0 Å². The molecule has 4 aliphatic rings. The zero-order valence-corrected chi connectivity index (χ0v) is 12.2. The topological polar surface area (TPSA) is 48.3 Å². The van der Waals surface area contributed by atoms with Crippen LogP contribution in [0.5, 0.6) is 0 Å². The van der Waals surface area contributed by atoms with Gasteiger partial charge >= 0.3 is 0 Å². The number of nitrogens with one attached hydrogen (secondary N) is 1. The molecule has 0 aromatic carbocycles. The first-order chi connectivity index (χ1) is 9.81. The molecule has 0 bridgehead atoms. The van der Waals surface area contributed by atoms with Crippen molar-refractivity contribution in [2.75, 3.05) is 19.7 Å². The van der Waals surface area contributed by atoms with Crippen molar-refractivity contribution in [1.82, 2.24) is 10.2 Å². The summed E-state index contributed by atoms with van der Waals surface area (Å²) in [6, 6.07) is 3.86. The van der Waals surface area contributed by atoms with E-state index in [9.17, 15) is 5.26 Å².